The Bertz CT molecular complexity index is 1280. The van der Waals surface area contributed by atoms with Crippen molar-refractivity contribution in [1.82, 2.24) is 5.32 Å². The first-order valence-electron chi connectivity index (χ1n) is 9.75. The number of nitrogens with zero attached hydrogens (tertiary/aromatic N) is 1. The van der Waals surface area contributed by atoms with E-state index in [0.29, 0.717) is 28.7 Å². The summed E-state index contributed by atoms with van der Waals surface area (Å²) >= 11 is 14.7. The molecule has 0 aliphatic carbocycles. The Hall–Kier alpha value is -2.74. The van der Waals surface area contributed by atoms with Crippen LogP contribution in [0.3, 0.4) is 0 Å². The van der Waals surface area contributed by atoms with Crippen LogP contribution in [0.4, 0.5) is 5.69 Å². The summed E-state index contributed by atoms with van der Waals surface area (Å²) in [6, 6.07) is 14.8. The van der Waals surface area contributed by atoms with Gasteiger partial charge in [0.1, 0.15) is 17.1 Å². The number of rotatable bonds is 4. The molecule has 0 unspecified atom stereocenters. The third kappa shape index (κ3) is 4.41. The fourth-order valence-corrected chi connectivity index (χ4v) is 4.25. The van der Waals surface area contributed by atoms with Gasteiger partial charge in [0, 0.05) is 11.4 Å². The van der Waals surface area contributed by atoms with E-state index in [0.717, 1.165) is 21.2 Å². The number of aryl methyl sites for hydroxylation is 1. The van der Waals surface area contributed by atoms with Crippen molar-refractivity contribution in [2.45, 2.75) is 20.3 Å². The molecule has 1 saturated heterocycles. The number of amides is 2. The number of nitrogens with one attached hydrogen (secondary N) is 1. The van der Waals surface area contributed by atoms with Crippen LogP contribution in [-0.2, 0) is 16.0 Å². The molecule has 5 nitrogen and oxygen atoms in total. The van der Waals surface area contributed by atoms with Crippen LogP contribution in [0.2, 0.25) is 5.02 Å². The van der Waals surface area contributed by atoms with Crippen molar-refractivity contribution >= 4 is 68.4 Å². The first-order chi connectivity index (χ1) is 15.2. The third-order valence-corrected chi connectivity index (χ3v) is 6.47. The molecule has 162 valence electrons. The molecule has 3 aromatic rings. The molecule has 1 aliphatic rings. The van der Waals surface area contributed by atoms with Crippen molar-refractivity contribution in [2.24, 2.45) is 0 Å². The van der Waals surface area contributed by atoms with E-state index in [2.05, 4.69) is 21.2 Å². The number of furan rings is 1. The van der Waals surface area contributed by atoms with Crippen molar-refractivity contribution in [3.05, 3.63) is 91.8 Å². The second-order valence-electron chi connectivity index (χ2n) is 7.40. The largest absolute Gasteiger partial charge is 0.460 e. The van der Waals surface area contributed by atoms with Gasteiger partial charge < -0.3 is 4.42 Å². The Morgan fingerprint density at radius 2 is 1.88 bits per heavy atom. The molecule has 2 heterocycles. The predicted octanol–water partition coefficient (Wildman–Crippen LogP) is 5.73. The second kappa shape index (κ2) is 9.02. The third-order valence-electron chi connectivity index (χ3n) is 5.26. The summed E-state index contributed by atoms with van der Waals surface area (Å²) in [5.74, 6) is -0.00892. The Labute approximate surface area is 204 Å². The molecule has 2 amide bonds. The van der Waals surface area contributed by atoms with Crippen LogP contribution >= 0.6 is 39.7 Å². The summed E-state index contributed by atoms with van der Waals surface area (Å²) in [5, 5.41) is 3.31. The Kier molecular flexibility index (Phi) is 6.33. The molecule has 4 rings (SSSR count). The Morgan fingerprint density at radius 1 is 1.16 bits per heavy atom. The summed E-state index contributed by atoms with van der Waals surface area (Å²) in [6.45, 7) is 3.86. The standard InChI is InChI=1S/C24H18BrClN2O3S/c1-13-4-3-5-20(14(13)2)28-23(30)18(22(29)27-24(28)32)11-17-12-19(25)21(31-17)10-15-6-8-16(26)9-7-15/h3-9,11-12H,10H2,1-2H3,(H,27,29,32)/b18-11+. The smallest absolute Gasteiger partial charge is 0.270 e. The fraction of sp³-hybridized carbons (Fsp3) is 0.125. The normalized spacial score (nSPS) is 15.4. The second-order valence-corrected chi connectivity index (χ2v) is 9.08. The zero-order chi connectivity index (χ0) is 23.0. The van der Waals surface area contributed by atoms with Crippen molar-refractivity contribution in [2.75, 3.05) is 4.90 Å². The summed E-state index contributed by atoms with van der Waals surface area (Å²) in [5.41, 5.74) is 3.52. The minimum Gasteiger partial charge on any atom is -0.460 e. The minimum absolute atomic E-state index is 0.0508. The molecular weight excluding hydrogens is 512 g/mol. The zero-order valence-electron chi connectivity index (χ0n) is 17.2. The van der Waals surface area contributed by atoms with E-state index in [4.69, 9.17) is 28.2 Å². The average Bonchev–Trinajstić information content (AvgIpc) is 3.09. The van der Waals surface area contributed by atoms with Gasteiger partial charge in [-0.05, 0) is 89.0 Å². The van der Waals surface area contributed by atoms with Crippen LogP contribution in [0.5, 0.6) is 0 Å². The number of anilines is 1. The molecule has 1 N–H and O–H groups in total. The summed E-state index contributed by atoms with van der Waals surface area (Å²) in [6.07, 6.45) is 1.97. The number of benzene rings is 2. The highest BCUT2D eigenvalue weighted by molar-refractivity contribution is 9.10. The lowest BCUT2D eigenvalue weighted by molar-refractivity contribution is -0.122. The Balaban J connectivity index is 1.66. The summed E-state index contributed by atoms with van der Waals surface area (Å²) in [7, 11) is 0. The number of carbonyl (C=O) groups is 2. The number of halogens is 2. The van der Waals surface area contributed by atoms with E-state index in [9.17, 15) is 9.59 Å². The molecule has 8 heteroatoms. The van der Waals surface area contributed by atoms with E-state index >= 15 is 0 Å². The van der Waals surface area contributed by atoms with Crippen molar-refractivity contribution in [3.63, 3.8) is 0 Å². The number of hydrogen-bond donors (Lipinski definition) is 1. The van der Waals surface area contributed by atoms with Crippen molar-refractivity contribution in [3.8, 4) is 0 Å². The van der Waals surface area contributed by atoms with E-state index in [1.54, 1.807) is 12.1 Å². The monoisotopic (exact) mass is 528 g/mol. The first kappa shape index (κ1) is 22.5. The molecule has 0 atom stereocenters. The van der Waals surface area contributed by atoms with E-state index in [1.807, 2.05) is 50.2 Å². The van der Waals surface area contributed by atoms with Gasteiger partial charge in [-0.1, -0.05) is 35.9 Å². The maximum absolute atomic E-state index is 13.3. The van der Waals surface area contributed by atoms with Crippen molar-refractivity contribution in [1.29, 1.82) is 0 Å². The molecule has 1 aliphatic heterocycles. The maximum atomic E-state index is 13.3. The van der Waals surface area contributed by atoms with E-state index in [-0.39, 0.29) is 10.7 Å². The molecule has 0 saturated carbocycles. The number of thiocarbonyl (C=S) groups is 1. The predicted molar refractivity (Wildman–Crippen MR) is 133 cm³/mol. The highest BCUT2D eigenvalue weighted by Crippen LogP contribution is 2.29. The molecule has 1 aromatic heterocycles. The van der Waals surface area contributed by atoms with Crippen LogP contribution in [0.15, 0.2) is 63.0 Å². The lowest BCUT2D eigenvalue weighted by Crippen LogP contribution is -2.54. The number of hydrogen-bond acceptors (Lipinski definition) is 4. The molecule has 0 bridgehead atoms. The molecule has 1 fully saturated rings. The Morgan fingerprint density at radius 3 is 2.59 bits per heavy atom. The molecule has 0 radical (unpaired) electrons. The van der Waals surface area contributed by atoms with Gasteiger partial charge in [-0.25, -0.2) is 0 Å². The first-order valence-corrected chi connectivity index (χ1v) is 11.3. The maximum Gasteiger partial charge on any atom is 0.270 e. The molecular formula is C24H18BrClN2O3S. The van der Waals surface area contributed by atoms with Gasteiger partial charge in [0.05, 0.1) is 10.2 Å². The van der Waals surface area contributed by atoms with Crippen LogP contribution < -0.4 is 10.2 Å². The average molecular weight is 530 g/mol. The number of carbonyl (C=O) groups excluding carboxylic acids is 2. The zero-order valence-corrected chi connectivity index (χ0v) is 20.4. The van der Waals surface area contributed by atoms with Gasteiger partial charge in [-0.15, -0.1) is 0 Å². The highest BCUT2D eigenvalue weighted by atomic mass is 79.9. The van der Waals surface area contributed by atoms with Gasteiger partial charge in [0.25, 0.3) is 11.8 Å². The van der Waals surface area contributed by atoms with Gasteiger partial charge in [-0.2, -0.15) is 0 Å². The molecule has 32 heavy (non-hydrogen) atoms. The van der Waals surface area contributed by atoms with Gasteiger partial charge in [0.2, 0.25) is 0 Å². The van der Waals surface area contributed by atoms with Gasteiger partial charge in [0.15, 0.2) is 5.11 Å². The topological polar surface area (TPSA) is 62.6 Å². The summed E-state index contributed by atoms with van der Waals surface area (Å²) in [4.78, 5) is 27.2. The quantitative estimate of drug-likeness (QED) is 0.266. The van der Waals surface area contributed by atoms with Gasteiger partial charge in [-0.3, -0.25) is 19.8 Å². The summed E-state index contributed by atoms with van der Waals surface area (Å²) < 4.78 is 6.66. The van der Waals surface area contributed by atoms with Crippen LogP contribution in [0.1, 0.15) is 28.2 Å². The van der Waals surface area contributed by atoms with Crippen LogP contribution in [0, 0.1) is 13.8 Å². The fourth-order valence-electron chi connectivity index (χ4n) is 3.40. The van der Waals surface area contributed by atoms with E-state index in [1.165, 1.54) is 11.0 Å². The highest BCUT2D eigenvalue weighted by Gasteiger charge is 2.35. The van der Waals surface area contributed by atoms with Crippen molar-refractivity contribution < 1.29 is 14.0 Å². The lowest BCUT2D eigenvalue weighted by atomic mass is 10.0. The SMILES string of the molecule is Cc1cccc(N2C(=O)/C(=C/c3cc(Br)c(Cc4ccc(Cl)cc4)o3)C(=O)NC2=S)c1C. The minimum atomic E-state index is -0.562. The van der Waals surface area contributed by atoms with Gasteiger partial charge >= 0.3 is 0 Å². The molecule has 0 spiro atoms. The van der Waals surface area contributed by atoms with Crippen LogP contribution in [-0.4, -0.2) is 16.9 Å². The lowest BCUT2D eigenvalue weighted by Gasteiger charge is -2.30. The van der Waals surface area contributed by atoms with E-state index < -0.39 is 11.8 Å². The molecule has 2 aromatic carbocycles. The van der Waals surface area contributed by atoms with Crippen LogP contribution in [0.25, 0.3) is 6.08 Å².